The van der Waals surface area contributed by atoms with E-state index in [2.05, 4.69) is 40.5 Å². The molecule has 2 fully saturated rings. The topological polar surface area (TPSA) is 69.7 Å². The standard InChI is InChI=1S/C25H35N3O3S2/c29-24(20-23-10-15-28(16-11-23)33(30,31)25-7-4-18-32-25)26-12-17-27-13-8-22(9-14-27)19-21-5-2-1-3-6-21/h1-7,18,22-23H,8-17,19-20H2,(H,26,29). The first-order valence-electron chi connectivity index (χ1n) is 12.1. The first-order valence-corrected chi connectivity index (χ1v) is 14.4. The van der Waals surface area contributed by atoms with Crippen LogP contribution in [-0.2, 0) is 21.2 Å². The van der Waals surface area contributed by atoms with Crippen molar-refractivity contribution in [2.45, 2.75) is 42.7 Å². The molecule has 0 aliphatic carbocycles. The number of thiophene rings is 1. The summed E-state index contributed by atoms with van der Waals surface area (Å²) in [6.45, 7) is 4.79. The van der Waals surface area contributed by atoms with E-state index in [4.69, 9.17) is 0 Å². The Labute approximate surface area is 202 Å². The van der Waals surface area contributed by atoms with Gasteiger partial charge in [-0.05, 0) is 74.0 Å². The molecule has 0 saturated carbocycles. The normalized spacial score (nSPS) is 19.5. The molecule has 0 unspecified atom stereocenters. The average molecular weight is 490 g/mol. The molecule has 33 heavy (non-hydrogen) atoms. The highest BCUT2D eigenvalue weighted by atomic mass is 32.2. The summed E-state index contributed by atoms with van der Waals surface area (Å²) in [5.41, 5.74) is 1.43. The number of carbonyl (C=O) groups is 1. The molecular weight excluding hydrogens is 454 g/mol. The molecule has 0 spiro atoms. The fraction of sp³-hybridized carbons (Fsp3) is 0.560. The van der Waals surface area contributed by atoms with Gasteiger partial charge in [0.2, 0.25) is 5.91 Å². The van der Waals surface area contributed by atoms with E-state index in [0.717, 1.165) is 38.4 Å². The Balaban J connectivity index is 1.09. The van der Waals surface area contributed by atoms with Crippen LogP contribution < -0.4 is 5.32 Å². The third kappa shape index (κ3) is 6.88. The second-order valence-electron chi connectivity index (χ2n) is 9.31. The Hall–Kier alpha value is -1.74. The maximum Gasteiger partial charge on any atom is 0.252 e. The molecule has 1 aromatic heterocycles. The summed E-state index contributed by atoms with van der Waals surface area (Å²) in [5.74, 6) is 1.11. The average Bonchev–Trinajstić information content (AvgIpc) is 3.37. The number of benzene rings is 1. The number of hydrogen-bond donors (Lipinski definition) is 1. The van der Waals surface area contributed by atoms with Crippen LogP contribution in [0, 0.1) is 11.8 Å². The predicted octanol–water partition coefficient (Wildman–Crippen LogP) is 3.61. The van der Waals surface area contributed by atoms with E-state index in [-0.39, 0.29) is 11.8 Å². The van der Waals surface area contributed by atoms with Crippen molar-refractivity contribution >= 4 is 27.3 Å². The molecule has 0 radical (unpaired) electrons. The van der Waals surface area contributed by atoms with Crippen LogP contribution in [0.3, 0.4) is 0 Å². The number of nitrogens with zero attached hydrogens (tertiary/aromatic N) is 2. The van der Waals surface area contributed by atoms with Crippen LogP contribution in [0.2, 0.25) is 0 Å². The van der Waals surface area contributed by atoms with Gasteiger partial charge in [0, 0.05) is 32.6 Å². The van der Waals surface area contributed by atoms with Crippen molar-refractivity contribution in [3.05, 3.63) is 53.4 Å². The van der Waals surface area contributed by atoms with Crippen LogP contribution in [0.5, 0.6) is 0 Å². The number of rotatable bonds is 9. The van der Waals surface area contributed by atoms with E-state index in [0.29, 0.717) is 30.3 Å². The number of hydrogen-bond acceptors (Lipinski definition) is 5. The van der Waals surface area contributed by atoms with Crippen molar-refractivity contribution in [3.63, 3.8) is 0 Å². The smallest absolute Gasteiger partial charge is 0.252 e. The van der Waals surface area contributed by atoms with Gasteiger partial charge in [0.25, 0.3) is 10.0 Å². The molecule has 2 aromatic rings. The second-order valence-corrected chi connectivity index (χ2v) is 12.4. The van der Waals surface area contributed by atoms with E-state index in [1.54, 1.807) is 21.8 Å². The van der Waals surface area contributed by atoms with Gasteiger partial charge in [0.15, 0.2) is 0 Å². The van der Waals surface area contributed by atoms with Gasteiger partial charge in [0.05, 0.1) is 0 Å². The molecule has 180 valence electrons. The first-order chi connectivity index (χ1) is 16.0. The summed E-state index contributed by atoms with van der Waals surface area (Å²) >= 11 is 1.26. The Morgan fingerprint density at radius 3 is 2.30 bits per heavy atom. The fourth-order valence-electron chi connectivity index (χ4n) is 4.94. The van der Waals surface area contributed by atoms with Crippen LogP contribution in [0.25, 0.3) is 0 Å². The van der Waals surface area contributed by atoms with Gasteiger partial charge >= 0.3 is 0 Å². The molecule has 6 nitrogen and oxygen atoms in total. The van der Waals surface area contributed by atoms with Crippen molar-refractivity contribution < 1.29 is 13.2 Å². The van der Waals surface area contributed by atoms with Gasteiger partial charge in [-0.25, -0.2) is 8.42 Å². The van der Waals surface area contributed by atoms with Crippen molar-refractivity contribution in [1.29, 1.82) is 0 Å². The van der Waals surface area contributed by atoms with Crippen LogP contribution >= 0.6 is 11.3 Å². The molecule has 3 heterocycles. The van der Waals surface area contributed by atoms with Crippen molar-refractivity contribution in [1.82, 2.24) is 14.5 Å². The van der Waals surface area contributed by atoms with Gasteiger partial charge in [-0.15, -0.1) is 11.3 Å². The molecule has 2 aliphatic rings. The minimum absolute atomic E-state index is 0.0912. The largest absolute Gasteiger partial charge is 0.355 e. The molecular formula is C25H35N3O3S2. The zero-order valence-corrected chi connectivity index (χ0v) is 20.8. The molecule has 0 bridgehead atoms. The Morgan fingerprint density at radius 2 is 1.64 bits per heavy atom. The number of amides is 1. The van der Waals surface area contributed by atoms with Crippen LogP contribution in [-0.4, -0.2) is 62.8 Å². The Bertz CT molecular complexity index is 964. The van der Waals surface area contributed by atoms with E-state index >= 15 is 0 Å². The van der Waals surface area contributed by atoms with E-state index < -0.39 is 10.0 Å². The Morgan fingerprint density at radius 1 is 0.939 bits per heavy atom. The highest BCUT2D eigenvalue weighted by Crippen LogP contribution is 2.27. The molecule has 2 aliphatic heterocycles. The fourth-order valence-corrected chi connectivity index (χ4v) is 7.55. The lowest BCUT2D eigenvalue weighted by Gasteiger charge is -2.32. The number of sulfonamides is 1. The van der Waals surface area contributed by atoms with Gasteiger partial charge in [-0.1, -0.05) is 36.4 Å². The molecule has 0 atom stereocenters. The molecule has 2 saturated heterocycles. The summed E-state index contributed by atoms with van der Waals surface area (Å²) in [4.78, 5) is 14.9. The monoisotopic (exact) mass is 489 g/mol. The van der Waals surface area contributed by atoms with Gasteiger partial charge < -0.3 is 10.2 Å². The third-order valence-electron chi connectivity index (χ3n) is 6.96. The zero-order valence-electron chi connectivity index (χ0n) is 19.2. The van der Waals surface area contributed by atoms with Crippen LogP contribution in [0.4, 0.5) is 0 Å². The number of nitrogens with one attached hydrogen (secondary N) is 1. The van der Waals surface area contributed by atoms with Gasteiger partial charge in [0.1, 0.15) is 4.21 Å². The lowest BCUT2D eigenvalue weighted by atomic mass is 9.90. The van der Waals surface area contributed by atoms with Crippen molar-refractivity contribution in [2.75, 3.05) is 39.3 Å². The number of carbonyl (C=O) groups excluding carboxylic acids is 1. The quantitative estimate of drug-likeness (QED) is 0.584. The SMILES string of the molecule is O=C(CC1CCN(S(=O)(=O)c2cccs2)CC1)NCCN1CCC(Cc2ccccc2)CC1. The minimum Gasteiger partial charge on any atom is -0.355 e. The zero-order chi connectivity index (χ0) is 23.1. The minimum atomic E-state index is -3.37. The predicted molar refractivity (Wildman–Crippen MR) is 133 cm³/mol. The second kappa shape index (κ2) is 11.6. The molecule has 8 heteroatoms. The van der Waals surface area contributed by atoms with E-state index in [1.165, 1.54) is 36.2 Å². The van der Waals surface area contributed by atoms with Crippen molar-refractivity contribution in [2.24, 2.45) is 11.8 Å². The van der Waals surface area contributed by atoms with Crippen molar-refractivity contribution in [3.8, 4) is 0 Å². The highest BCUT2D eigenvalue weighted by Gasteiger charge is 2.30. The summed E-state index contributed by atoms with van der Waals surface area (Å²) in [6, 6.07) is 14.2. The summed E-state index contributed by atoms with van der Waals surface area (Å²) in [5, 5.41) is 4.87. The Kier molecular flexibility index (Phi) is 8.57. The number of likely N-dealkylation sites (tertiary alicyclic amines) is 1. The van der Waals surface area contributed by atoms with Crippen LogP contribution in [0.15, 0.2) is 52.1 Å². The lowest BCUT2D eigenvalue weighted by molar-refractivity contribution is -0.122. The molecule has 1 N–H and O–H groups in total. The summed E-state index contributed by atoms with van der Waals surface area (Å²) in [6.07, 6.45) is 5.58. The maximum absolute atomic E-state index is 12.6. The molecule has 1 aromatic carbocycles. The molecule has 4 rings (SSSR count). The van der Waals surface area contributed by atoms with Crippen LogP contribution in [0.1, 0.15) is 37.7 Å². The van der Waals surface area contributed by atoms with E-state index in [9.17, 15) is 13.2 Å². The number of piperidine rings is 2. The molecule has 1 amide bonds. The van der Waals surface area contributed by atoms with Gasteiger partial charge in [-0.3, -0.25) is 4.79 Å². The van der Waals surface area contributed by atoms with E-state index in [1.807, 2.05) is 0 Å². The third-order valence-corrected chi connectivity index (χ3v) is 10.2. The lowest BCUT2D eigenvalue weighted by Crippen LogP contribution is -2.41. The highest BCUT2D eigenvalue weighted by molar-refractivity contribution is 7.91. The summed E-state index contributed by atoms with van der Waals surface area (Å²) in [7, 11) is -3.37. The first kappa shape index (κ1) is 24.4. The van der Waals surface area contributed by atoms with Gasteiger partial charge in [-0.2, -0.15) is 4.31 Å². The maximum atomic E-state index is 12.6. The summed E-state index contributed by atoms with van der Waals surface area (Å²) < 4.78 is 27.2.